The summed E-state index contributed by atoms with van der Waals surface area (Å²) in [5.41, 5.74) is 2.39. The number of fused-ring (bicyclic) bond motifs is 4. The van der Waals surface area contributed by atoms with E-state index in [2.05, 4.69) is 6.58 Å². The standard InChI is InChI=1S/C39H35NO5/c1-3-12-24-15-11-18-28(35(24)42)34-26-19-20-27-33(38(45)40(4-2)37(27)44)30(26)21-31-36(43)29(23-13-7-5-8-14-23)22-32(41)39(31,34)25-16-9-6-10-17-25/h3,5-11,13-19,22,27,30-31,33-34,42H,1,4,12,20-21H2,2H3. The maximum absolute atomic E-state index is 15.0. The lowest BCUT2D eigenvalue weighted by Gasteiger charge is -2.55. The van der Waals surface area contributed by atoms with E-state index >= 15 is 4.79 Å². The van der Waals surface area contributed by atoms with Crippen molar-refractivity contribution in [3.05, 3.63) is 131 Å². The van der Waals surface area contributed by atoms with Gasteiger partial charge in [-0.15, -0.1) is 6.58 Å². The Kier molecular flexibility index (Phi) is 7.03. The van der Waals surface area contributed by atoms with E-state index in [4.69, 9.17) is 0 Å². The molecule has 2 amide bonds. The molecule has 6 unspecified atom stereocenters. The number of Topliss-reactive ketones (excluding diaryl/α,β-unsaturated/α-hetero) is 1. The van der Waals surface area contributed by atoms with Crippen molar-refractivity contribution in [2.45, 2.75) is 37.5 Å². The van der Waals surface area contributed by atoms with Gasteiger partial charge in [0.25, 0.3) is 0 Å². The Bertz CT molecular complexity index is 1810. The van der Waals surface area contributed by atoms with Gasteiger partial charge in [0.15, 0.2) is 11.6 Å². The predicted octanol–water partition coefficient (Wildman–Crippen LogP) is 5.97. The summed E-state index contributed by atoms with van der Waals surface area (Å²) in [6, 6.07) is 24.1. The van der Waals surface area contributed by atoms with Gasteiger partial charge >= 0.3 is 0 Å². The number of aromatic hydroxyl groups is 1. The van der Waals surface area contributed by atoms with Crippen LogP contribution in [0.5, 0.6) is 5.75 Å². The predicted molar refractivity (Wildman–Crippen MR) is 171 cm³/mol. The minimum atomic E-state index is -1.37. The number of ketones is 2. The second-order valence-electron chi connectivity index (χ2n) is 12.6. The first kappa shape index (κ1) is 28.9. The van der Waals surface area contributed by atoms with E-state index in [1.807, 2.05) is 84.9 Å². The smallest absolute Gasteiger partial charge is 0.233 e. The van der Waals surface area contributed by atoms with Gasteiger partial charge in [0.2, 0.25) is 11.8 Å². The van der Waals surface area contributed by atoms with Crippen molar-refractivity contribution in [2.75, 3.05) is 6.54 Å². The van der Waals surface area contributed by atoms with Gasteiger partial charge in [-0.3, -0.25) is 24.1 Å². The van der Waals surface area contributed by atoms with E-state index in [1.165, 1.54) is 11.0 Å². The van der Waals surface area contributed by atoms with Crippen LogP contribution in [0.3, 0.4) is 0 Å². The summed E-state index contributed by atoms with van der Waals surface area (Å²) >= 11 is 0. The highest BCUT2D eigenvalue weighted by molar-refractivity contribution is 6.31. The molecule has 6 heteroatoms. The molecule has 6 nitrogen and oxygen atoms in total. The molecule has 6 atom stereocenters. The van der Waals surface area contributed by atoms with E-state index in [1.54, 1.807) is 13.0 Å². The summed E-state index contributed by atoms with van der Waals surface area (Å²) in [5.74, 6) is -3.85. The average Bonchev–Trinajstić information content (AvgIpc) is 3.32. The number of carbonyl (C=O) groups is 4. The Hall–Kier alpha value is -4.84. The molecule has 4 aliphatic rings. The molecule has 0 bridgehead atoms. The SMILES string of the molecule is C=CCc1cccc(C2C3=CCC4C(=O)N(CC)C(=O)C4C3CC3C(=O)C(c4ccccc4)=CC(=O)C32c2ccccc2)c1O. The number of benzene rings is 3. The van der Waals surface area contributed by atoms with Crippen molar-refractivity contribution in [2.24, 2.45) is 23.7 Å². The number of hydrogen-bond donors (Lipinski definition) is 1. The summed E-state index contributed by atoms with van der Waals surface area (Å²) < 4.78 is 0. The van der Waals surface area contributed by atoms with Crippen LogP contribution in [-0.2, 0) is 31.0 Å². The molecule has 3 aromatic carbocycles. The third-order valence-electron chi connectivity index (χ3n) is 10.6. The lowest BCUT2D eigenvalue weighted by atomic mass is 9.44. The molecule has 3 aromatic rings. The molecule has 0 radical (unpaired) electrons. The Morgan fingerprint density at radius 3 is 2.31 bits per heavy atom. The lowest BCUT2D eigenvalue weighted by molar-refractivity contribution is -0.140. The number of nitrogens with zero attached hydrogens (tertiary/aromatic N) is 1. The van der Waals surface area contributed by atoms with Crippen molar-refractivity contribution in [1.82, 2.24) is 4.90 Å². The Morgan fingerprint density at radius 2 is 1.62 bits per heavy atom. The molecule has 45 heavy (non-hydrogen) atoms. The first-order chi connectivity index (χ1) is 21.8. The largest absolute Gasteiger partial charge is 0.507 e. The van der Waals surface area contributed by atoms with Gasteiger partial charge in [-0.05, 0) is 54.9 Å². The quantitative estimate of drug-likeness (QED) is 0.280. The molecular formula is C39H35NO5. The van der Waals surface area contributed by atoms with Crippen LogP contribution >= 0.6 is 0 Å². The molecule has 2 fully saturated rings. The minimum absolute atomic E-state index is 0.0576. The fourth-order valence-electron chi connectivity index (χ4n) is 8.76. The van der Waals surface area contributed by atoms with Crippen molar-refractivity contribution in [1.29, 1.82) is 0 Å². The summed E-state index contributed by atoms with van der Waals surface area (Å²) in [5, 5.41) is 11.8. The van der Waals surface area contributed by atoms with E-state index in [0.717, 1.165) is 5.57 Å². The maximum Gasteiger partial charge on any atom is 0.233 e. The van der Waals surface area contributed by atoms with Gasteiger partial charge in [0.05, 0.1) is 17.3 Å². The second-order valence-corrected chi connectivity index (χ2v) is 12.6. The fraction of sp³-hybridized carbons (Fsp3) is 0.282. The zero-order valence-electron chi connectivity index (χ0n) is 25.2. The molecule has 0 aromatic heterocycles. The number of rotatable bonds is 6. The number of carbonyl (C=O) groups excluding carboxylic acids is 4. The number of imide groups is 1. The molecule has 3 aliphatic carbocycles. The topological polar surface area (TPSA) is 91.8 Å². The second kappa shape index (κ2) is 11.0. The van der Waals surface area contributed by atoms with Gasteiger partial charge in [-0.25, -0.2) is 0 Å². The third-order valence-corrected chi connectivity index (χ3v) is 10.6. The number of phenols is 1. The normalized spacial score (nSPS) is 29.0. The van der Waals surface area contributed by atoms with Crippen LogP contribution in [0.4, 0.5) is 0 Å². The van der Waals surface area contributed by atoms with Gasteiger partial charge in [-0.2, -0.15) is 0 Å². The van der Waals surface area contributed by atoms with E-state index in [-0.39, 0.29) is 42.1 Å². The van der Waals surface area contributed by atoms with Gasteiger partial charge in [-0.1, -0.05) is 96.6 Å². The Labute approximate surface area is 262 Å². The number of allylic oxidation sites excluding steroid dienone is 5. The van der Waals surface area contributed by atoms with Crippen LogP contribution in [0.2, 0.25) is 0 Å². The third kappa shape index (κ3) is 4.08. The van der Waals surface area contributed by atoms with Gasteiger partial charge in [0.1, 0.15) is 5.75 Å². The molecule has 1 heterocycles. The molecule has 226 valence electrons. The fourth-order valence-corrected chi connectivity index (χ4v) is 8.76. The Balaban J connectivity index is 1.53. The molecule has 1 aliphatic heterocycles. The molecule has 1 saturated carbocycles. The highest BCUT2D eigenvalue weighted by Gasteiger charge is 2.66. The summed E-state index contributed by atoms with van der Waals surface area (Å²) in [6.45, 7) is 5.94. The van der Waals surface area contributed by atoms with Crippen molar-refractivity contribution in [3.63, 3.8) is 0 Å². The molecule has 1 N–H and O–H groups in total. The summed E-state index contributed by atoms with van der Waals surface area (Å²) in [6.07, 6.45) is 6.27. The van der Waals surface area contributed by atoms with Crippen molar-refractivity contribution < 1.29 is 24.3 Å². The average molecular weight is 598 g/mol. The van der Waals surface area contributed by atoms with Crippen molar-refractivity contribution in [3.8, 4) is 5.75 Å². The zero-order valence-corrected chi connectivity index (χ0v) is 25.2. The Morgan fingerprint density at radius 1 is 0.911 bits per heavy atom. The lowest BCUT2D eigenvalue weighted by Crippen LogP contribution is -2.58. The van der Waals surface area contributed by atoms with Crippen LogP contribution in [0.15, 0.2) is 109 Å². The van der Waals surface area contributed by atoms with Crippen LogP contribution in [-0.4, -0.2) is 39.9 Å². The minimum Gasteiger partial charge on any atom is -0.507 e. The van der Waals surface area contributed by atoms with Gasteiger partial charge < -0.3 is 5.11 Å². The number of para-hydroxylation sites is 1. The van der Waals surface area contributed by atoms with Crippen LogP contribution in [0, 0.1) is 23.7 Å². The highest BCUT2D eigenvalue weighted by Crippen LogP contribution is 2.64. The molecular weight excluding hydrogens is 562 g/mol. The number of phenolic OH excluding ortho intramolecular Hbond substituents is 1. The number of likely N-dealkylation sites (tertiary alicyclic amines) is 1. The molecule has 0 spiro atoms. The zero-order chi connectivity index (χ0) is 31.5. The van der Waals surface area contributed by atoms with E-state index in [9.17, 15) is 19.5 Å². The molecule has 1 saturated heterocycles. The number of amides is 2. The van der Waals surface area contributed by atoms with Crippen LogP contribution in [0.1, 0.15) is 47.9 Å². The van der Waals surface area contributed by atoms with E-state index in [0.29, 0.717) is 40.7 Å². The summed E-state index contributed by atoms with van der Waals surface area (Å²) in [4.78, 5) is 58.5. The van der Waals surface area contributed by atoms with Crippen LogP contribution < -0.4 is 0 Å². The molecule has 7 rings (SSSR count). The van der Waals surface area contributed by atoms with E-state index < -0.39 is 35.0 Å². The summed E-state index contributed by atoms with van der Waals surface area (Å²) in [7, 11) is 0. The first-order valence-corrected chi connectivity index (χ1v) is 15.7. The highest BCUT2D eigenvalue weighted by atomic mass is 16.3. The first-order valence-electron chi connectivity index (χ1n) is 15.7. The maximum atomic E-state index is 15.0. The monoisotopic (exact) mass is 597 g/mol. The number of hydrogen-bond acceptors (Lipinski definition) is 5. The van der Waals surface area contributed by atoms with Gasteiger partial charge in [0, 0.05) is 29.5 Å². The van der Waals surface area contributed by atoms with Crippen LogP contribution in [0.25, 0.3) is 5.57 Å². The van der Waals surface area contributed by atoms with Crippen molar-refractivity contribution >= 4 is 29.0 Å².